The lowest BCUT2D eigenvalue weighted by Crippen LogP contribution is -2.61. The van der Waals surface area contributed by atoms with Crippen LogP contribution in [0.5, 0.6) is 0 Å². The molecule has 3 aliphatic rings. The number of thioether (sulfide) groups is 1. The number of fused-ring (bicyclic) bond motifs is 1. The van der Waals surface area contributed by atoms with Crippen molar-refractivity contribution in [2.45, 2.75) is 58.2 Å². The van der Waals surface area contributed by atoms with Gasteiger partial charge in [-0.15, -0.1) is 0 Å². The SMILES string of the molecule is CC1(CO)C(OC(=O)Nc2ccccc2)CCC2(C)C(CC(=O)N3CCSCC3)C(O)CCC12. The Morgan fingerprint density at radius 2 is 1.85 bits per heavy atom. The molecule has 1 aromatic carbocycles. The van der Waals surface area contributed by atoms with E-state index in [0.29, 0.717) is 24.9 Å². The Labute approximate surface area is 206 Å². The Kier molecular flexibility index (Phi) is 7.79. The molecule has 0 radical (unpaired) electrons. The molecule has 4 rings (SSSR count). The standard InChI is InChI=1S/C26H38N2O5S/c1-25-11-10-22(33-24(32)27-18-6-4-3-5-7-18)26(2,17-29)21(25)9-8-20(30)19(25)16-23(31)28-12-14-34-15-13-28/h3-7,19-22,29-30H,8-17H2,1-2H3,(H,27,32). The van der Waals surface area contributed by atoms with Crippen LogP contribution in [0.1, 0.15) is 46.0 Å². The number of benzene rings is 1. The molecule has 0 aromatic heterocycles. The number of nitrogens with one attached hydrogen (secondary N) is 1. The van der Waals surface area contributed by atoms with Crippen molar-refractivity contribution < 1.29 is 24.5 Å². The average Bonchev–Trinajstić information content (AvgIpc) is 2.84. The van der Waals surface area contributed by atoms with E-state index in [1.54, 1.807) is 12.1 Å². The van der Waals surface area contributed by atoms with Crippen molar-refractivity contribution in [1.29, 1.82) is 0 Å². The zero-order chi connectivity index (χ0) is 24.3. The second-order valence-corrected chi connectivity index (χ2v) is 11.8. The van der Waals surface area contributed by atoms with Gasteiger partial charge in [-0.2, -0.15) is 11.8 Å². The maximum Gasteiger partial charge on any atom is 0.411 e. The van der Waals surface area contributed by atoms with Gasteiger partial charge in [-0.25, -0.2) is 4.79 Å². The number of aliphatic hydroxyl groups is 2. The van der Waals surface area contributed by atoms with Crippen molar-refractivity contribution in [3.63, 3.8) is 0 Å². The molecule has 1 aromatic rings. The van der Waals surface area contributed by atoms with Gasteiger partial charge in [0, 0.05) is 42.1 Å². The summed E-state index contributed by atoms with van der Waals surface area (Å²) in [7, 11) is 0. The number of amides is 2. The monoisotopic (exact) mass is 490 g/mol. The van der Waals surface area contributed by atoms with E-state index in [4.69, 9.17) is 4.74 Å². The van der Waals surface area contributed by atoms with Gasteiger partial charge in [0.2, 0.25) is 5.91 Å². The largest absolute Gasteiger partial charge is 0.445 e. The zero-order valence-electron chi connectivity index (χ0n) is 20.2. The highest BCUT2D eigenvalue weighted by Gasteiger charge is 2.60. The van der Waals surface area contributed by atoms with Crippen molar-refractivity contribution >= 4 is 29.4 Å². The molecule has 34 heavy (non-hydrogen) atoms. The number of hydrogen-bond donors (Lipinski definition) is 3. The van der Waals surface area contributed by atoms with Crippen molar-refractivity contribution in [1.82, 2.24) is 4.90 Å². The minimum Gasteiger partial charge on any atom is -0.445 e. The number of rotatable bonds is 5. The maximum absolute atomic E-state index is 13.1. The third-order valence-corrected chi connectivity index (χ3v) is 9.65. The molecular weight excluding hydrogens is 452 g/mol. The lowest BCUT2D eigenvalue weighted by molar-refractivity contribution is -0.186. The van der Waals surface area contributed by atoms with Gasteiger partial charge in [-0.05, 0) is 55.1 Å². The first-order valence-corrected chi connectivity index (χ1v) is 13.6. The van der Waals surface area contributed by atoms with Crippen LogP contribution in [-0.4, -0.2) is 70.5 Å². The second kappa shape index (κ2) is 10.5. The number of para-hydroxylation sites is 1. The molecule has 188 valence electrons. The highest BCUT2D eigenvalue weighted by molar-refractivity contribution is 7.99. The molecule has 6 unspecified atom stereocenters. The molecule has 6 atom stereocenters. The molecule has 1 aliphatic heterocycles. The normalized spacial score (nSPS) is 35.8. The van der Waals surface area contributed by atoms with Crippen LogP contribution in [0, 0.1) is 22.7 Å². The topological polar surface area (TPSA) is 99.1 Å². The molecule has 1 heterocycles. The minimum atomic E-state index is -0.649. The van der Waals surface area contributed by atoms with Crippen LogP contribution < -0.4 is 5.32 Å². The van der Waals surface area contributed by atoms with Crippen LogP contribution in [-0.2, 0) is 9.53 Å². The summed E-state index contributed by atoms with van der Waals surface area (Å²) < 4.78 is 5.88. The van der Waals surface area contributed by atoms with E-state index in [0.717, 1.165) is 37.4 Å². The summed E-state index contributed by atoms with van der Waals surface area (Å²) in [6.07, 6.45) is 1.49. The number of carbonyl (C=O) groups is 2. The van der Waals surface area contributed by atoms with Crippen molar-refractivity contribution in [2.75, 3.05) is 36.5 Å². The molecule has 1 saturated heterocycles. The molecule has 8 heteroatoms. The Bertz CT molecular complexity index is 864. The summed E-state index contributed by atoms with van der Waals surface area (Å²) in [6, 6.07) is 9.17. The summed E-state index contributed by atoms with van der Waals surface area (Å²) >= 11 is 1.87. The smallest absolute Gasteiger partial charge is 0.411 e. The van der Waals surface area contributed by atoms with E-state index >= 15 is 0 Å². The fourth-order valence-electron chi connectivity index (χ4n) is 6.71. The predicted molar refractivity (Wildman–Crippen MR) is 134 cm³/mol. The molecular formula is C26H38N2O5S. The fourth-order valence-corrected chi connectivity index (χ4v) is 7.61. The fraction of sp³-hybridized carbons (Fsp3) is 0.692. The highest BCUT2D eigenvalue weighted by Crippen LogP contribution is 2.61. The van der Waals surface area contributed by atoms with Crippen LogP contribution in [0.3, 0.4) is 0 Å². The van der Waals surface area contributed by atoms with Crippen molar-refractivity contribution in [2.24, 2.45) is 22.7 Å². The van der Waals surface area contributed by atoms with Crippen LogP contribution in [0.15, 0.2) is 30.3 Å². The number of hydrogen-bond acceptors (Lipinski definition) is 6. The van der Waals surface area contributed by atoms with E-state index in [-0.39, 0.29) is 29.8 Å². The van der Waals surface area contributed by atoms with Gasteiger partial charge in [0.25, 0.3) is 0 Å². The number of ether oxygens (including phenoxy) is 1. The first-order chi connectivity index (χ1) is 16.3. The summed E-state index contributed by atoms with van der Waals surface area (Å²) in [5.41, 5.74) is -0.302. The molecule has 3 fully saturated rings. The van der Waals surface area contributed by atoms with E-state index < -0.39 is 23.7 Å². The van der Waals surface area contributed by atoms with Gasteiger partial charge in [0.05, 0.1) is 12.7 Å². The van der Waals surface area contributed by atoms with Crippen LogP contribution in [0.25, 0.3) is 0 Å². The van der Waals surface area contributed by atoms with Gasteiger partial charge < -0.3 is 19.8 Å². The number of carbonyl (C=O) groups excluding carboxylic acids is 2. The number of anilines is 1. The van der Waals surface area contributed by atoms with E-state index in [1.165, 1.54) is 0 Å². The third kappa shape index (κ3) is 4.95. The van der Waals surface area contributed by atoms with E-state index in [9.17, 15) is 19.8 Å². The van der Waals surface area contributed by atoms with Gasteiger partial charge >= 0.3 is 6.09 Å². The van der Waals surface area contributed by atoms with E-state index in [2.05, 4.69) is 12.2 Å². The first-order valence-electron chi connectivity index (χ1n) is 12.4. The Hall–Kier alpha value is -1.77. The summed E-state index contributed by atoms with van der Waals surface area (Å²) in [6.45, 7) is 5.59. The number of nitrogens with zero attached hydrogens (tertiary/aromatic N) is 1. The molecule has 0 spiro atoms. The zero-order valence-corrected chi connectivity index (χ0v) is 21.1. The molecule has 0 bridgehead atoms. The highest BCUT2D eigenvalue weighted by atomic mass is 32.2. The molecule has 3 N–H and O–H groups in total. The van der Waals surface area contributed by atoms with Crippen LogP contribution in [0.4, 0.5) is 10.5 Å². The van der Waals surface area contributed by atoms with Crippen LogP contribution >= 0.6 is 11.8 Å². The molecule has 2 aliphatic carbocycles. The summed E-state index contributed by atoms with van der Waals surface area (Å²) in [5, 5.41) is 24.3. The molecule has 7 nitrogen and oxygen atoms in total. The quantitative estimate of drug-likeness (QED) is 0.581. The maximum atomic E-state index is 13.1. The van der Waals surface area contributed by atoms with Gasteiger partial charge in [-0.3, -0.25) is 10.1 Å². The predicted octanol–water partition coefficient (Wildman–Crippen LogP) is 3.76. The Morgan fingerprint density at radius 1 is 1.15 bits per heavy atom. The van der Waals surface area contributed by atoms with Gasteiger partial charge in [0.1, 0.15) is 6.10 Å². The summed E-state index contributed by atoms with van der Waals surface area (Å²) in [5.74, 6) is 1.92. The minimum absolute atomic E-state index is 0.0337. The third-order valence-electron chi connectivity index (χ3n) is 8.70. The van der Waals surface area contributed by atoms with Gasteiger partial charge in [-0.1, -0.05) is 32.0 Å². The lowest BCUT2D eigenvalue weighted by atomic mass is 9.46. The van der Waals surface area contributed by atoms with Crippen molar-refractivity contribution in [3.05, 3.63) is 30.3 Å². The average molecular weight is 491 g/mol. The Balaban J connectivity index is 1.49. The Morgan fingerprint density at radius 3 is 2.53 bits per heavy atom. The van der Waals surface area contributed by atoms with Crippen LogP contribution in [0.2, 0.25) is 0 Å². The second-order valence-electron chi connectivity index (χ2n) is 10.6. The molecule has 2 saturated carbocycles. The summed E-state index contributed by atoms with van der Waals surface area (Å²) in [4.78, 5) is 27.7. The van der Waals surface area contributed by atoms with Gasteiger partial charge in [0.15, 0.2) is 0 Å². The molecule has 2 amide bonds. The lowest BCUT2D eigenvalue weighted by Gasteiger charge is -2.60. The first kappa shape index (κ1) is 25.3. The number of aliphatic hydroxyl groups excluding tert-OH is 2. The van der Waals surface area contributed by atoms with Crippen molar-refractivity contribution in [3.8, 4) is 0 Å². The van der Waals surface area contributed by atoms with E-state index in [1.807, 2.05) is 41.8 Å².